The van der Waals surface area contributed by atoms with Crippen LogP contribution < -0.4 is 0 Å². The average molecular weight is 258 g/mol. The van der Waals surface area contributed by atoms with Crippen LogP contribution in [0, 0.1) is 0 Å². The quantitative estimate of drug-likeness (QED) is 0.314. The number of benzene rings is 1. The summed E-state index contributed by atoms with van der Waals surface area (Å²) in [6.45, 7) is 5.90. The second-order valence-corrected chi connectivity index (χ2v) is 5.11. The second-order valence-electron chi connectivity index (χ2n) is 5.11. The lowest BCUT2D eigenvalue weighted by atomic mass is 10.0. The van der Waals surface area contributed by atoms with Crippen LogP contribution >= 0.6 is 0 Å². The van der Waals surface area contributed by atoms with Crippen molar-refractivity contribution in [2.24, 2.45) is 0 Å². The van der Waals surface area contributed by atoms with Gasteiger partial charge in [-0.25, -0.2) is 0 Å². The Morgan fingerprint density at radius 3 is 2.47 bits per heavy atom. The third-order valence-electron chi connectivity index (χ3n) is 3.41. The molecule has 0 fully saturated rings. The number of aryl methyl sites for hydroxylation is 1. The molecule has 0 saturated heterocycles. The van der Waals surface area contributed by atoms with E-state index in [-0.39, 0.29) is 5.78 Å². The highest BCUT2D eigenvalue weighted by atomic mass is 16.1. The molecular formula is C18H26O. The summed E-state index contributed by atoms with van der Waals surface area (Å²) in [6, 6.07) is 8.16. The summed E-state index contributed by atoms with van der Waals surface area (Å²) in [7, 11) is 0. The molecule has 0 amide bonds. The molecule has 0 spiro atoms. The predicted octanol–water partition coefficient (Wildman–Crippen LogP) is 5.35. The molecular weight excluding hydrogens is 232 g/mol. The SMILES string of the molecule is C=CCCCC(=O)c1ccc(CCCCCC)cc1. The van der Waals surface area contributed by atoms with Gasteiger partial charge in [0.2, 0.25) is 0 Å². The van der Waals surface area contributed by atoms with E-state index in [0.29, 0.717) is 6.42 Å². The van der Waals surface area contributed by atoms with E-state index in [4.69, 9.17) is 0 Å². The molecule has 0 heterocycles. The standard InChI is InChI=1S/C18H26O/c1-3-5-7-9-10-16-12-14-17(15-13-16)18(19)11-8-6-4-2/h4,12-15H,2-3,5-11H2,1H3. The van der Waals surface area contributed by atoms with E-state index in [1.807, 2.05) is 18.2 Å². The van der Waals surface area contributed by atoms with Crippen molar-refractivity contribution < 1.29 is 4.79 Å². The van der Waals surface area contributed by atoms with E-state index in [0.717, 1.165) is 24.8 Å². The Kier molecular flexibility index (Phi) is 7.88. The third-order valence-corrected chi connectivity index (χ3v) is 3.41. The molecule has 0 atom stereocenters. The number of rotatable bonds is 10. The lowest BCUT2D eigenvalue weighted by molar-refractivity contribution is 0.0980. The van der Waals surface area contributed by atoms with Crippen LogP contribution in [0.4, 0.5) is 0 Å². The predicted molar refractivity (Wildman–Crippen MR) is 82.7 cm³/mol. The third kappa shape index (κ3) is 6.37. The van der Waals surface area contributed by atoms with Crippen LogP contribution in [-0.2, 0) is 6.42 Å². The molecule has 0 aliphatic carbocycles. The molecule has 104 valence electrons. The summed E-state index contributed by atoms with van der Waals surface area (Å²) < 4.78 is 0. The summed E-state index contributed by atoms with van der Waals surface area (Å²) in [4.78, 5) is 11.9. The largest absolute Gasteiger partial charge is 0.294 e. The van der Waals surface area contributed by atoms with Gasteiger partial charge in [-0.1, -0.05) is 56.5 Å². The lowest BCUT2D eigenvalue weighted by Gasteiger charge is -2.04. The van der Waals surface area contributed by atoms with E-state index in [2.05, 4.69) is 25.6 Å². The van der Waals surface area contributed by atoms with Gasteiger partial charge in [0.25, 0.3) is 0 Å². The molecule has 0 aliphatic heterocycles. The number of allylic oxidation sites excluding steroid dienone is 1. The van der Waals surface area contributed by atoms with Crippen molar-refractivity contribution >= 4 is 5.78 Å². The maximum Gasteiger partial charge on any atom is 0.162 e. The molecule has 0 aromatic heterocycles. The van der Waals surface area contributed by atoms with Gasteiger partial charge in [-0.05, 0) is 31.2 Å². The van der Waals surface area contributed by atoms with Crippen molar-refractivity contribution in [3.8, 4) is 0 Å². The molecule has 0 bridgehead atoms. The molecule has 1 nitrogen and oxygen atoms in total. The molecule has 0 N–H and O–H groups in total. The molecule has 0 unspecified atom stereocenters. The van der Waals surface area contributed by atoms with Gasteiger partial charge < -0.3 is 0 Å². The Balaban J connectivity index is 2.37. The van der Waals surface area contributed by atoms with Crippen LogP contribution in [0.15, 0.2) is 36.9 Å². The Hall–Kier alpha value is -1.37. The lowest BCUT2D eigenvalue weighted by Crippen LogP contribution is -1.99. The van der Waals surface area contributed by atoms with Gasteiger partial charge in [0.1, 0.15) is 0 Å². The van der Waals surface area contributed by atoms with Crippen molar-refractivity contribution in [2.75, 3.05) is 0 Å². The zero-order valence-corrected chi connectivity index (χ0v) is 12.2. The summed E-state index contributed by atoms with van der Waals surface area (Å²) in [5.41, 5.74) is 2.19. The van der Waals surface area contributed by atoms with E-state index in [1.165, 1.54) is 31.2 Å². The number of carbonyl (C=O) groups excluding carboxylic acids is 1. The minimum Gasteiger partial charge on any atom is -0.294 e. The van der Waals surface area contributed by atoms with E-state index < -0.39 is 0 Å². The molecule has 0 saturated carbocycles. The van der Waals surface area contributed by atoms with Crippen LogP contribution in [0.1, 0.15) is 67.8 Å². The van der Waals surface area contributed by atoms with Crippen LogP contribution in [0.3, 0.4) is 0 Å². The number of hydrogen-bond donors (Lipinski definition) is 0. The maximum absolute atomic E-state index is 11.9. The minimum absolute atomic E-state index is 0.249. The normalized spacial score (nSPS) is 10.4. The number of hydrogen-bond acceptors (Lipinski definition) is 1. The fourth-order valence-electron chi connectivity index (χ4n) is 2.16. The number of carbonyl (C=O) groups is 1. The summed E-state index contributed by atoms with van der Waals surface area (Å²) >= 11 is 0. The van der Waals surface area contributed by atoms with Crippen molar-refractivity contribution in [3.63, 3.8) is 0 Å². The van der Waals surface area contributed by atoms with Gasteiger partial charge in [0.05, 0.1) is 0 Å². The first kappa shape index (κ1) is 15.7. The molecule has 19 heavy (non-hydrogen) atoms. The smallest absolute Gasteiger partial charge is 0.162 e. The van der Waals surface area contributed by atoms with E-state index in [1.54, 1.807) is 0 Å². The van der Waals surface area contributed by atoms with Crippen LogP contribution in [-0.4, -0.2) is 5.78 Å². The highest BCUT2D eigenvalue weighted by molar-refractivity contribution is 5.96. The van der Waals surface area contributed by atoms with Gasteiger partial charge in [-0.2, -0.15) is 0 Å². The van der Waals surface area contributed by atoms with Gasteiger partial charge in [0, 0.05) is 12.0 Å². The maximum atomic E-state index is 11.9. The monoisotopic (exact) mass is 258 g/mol. The fraction of sp³-hybridized carbons (Fsp3) is 0.500. The fourth-order valence-corrected chi connectivity index (χ4v) is 2.16. The highest BCUT2D eigenvalue weighted by Crippen LogP contribution is 2.12. The Bertz CT molecular complexity index is 375. The minimum atomic E-state index is 0.249. The Morgan fingerprint density at radius 1 is 1.11 bits per heavy atom. The van der Waals surface area contributed by atoms with Gasteiger partial charge in [-0.15, -0.1) is 6.58 Å². The van der Waals surface area contributed by atoms with Gasteiger partial charge >= 0.3 is 0 Å². The Morgan fingerprint density at radius 2 is 1.84 bits per heavy atom. The number of unbranched alkanes of at least 4 members (excludes halogenated alkanes) is 4. The van der Waals surface area contributed by atoms with Crippen molar-refractivity contribution in [2.45, 2.75) is 58.3 Å². The highest BCUT2D eigenvalue weighted by Gasteiger charge is 2.04. The number of ketones is 1. The first-order chi connectivity index (χ1) is 9.27. The van der Waals surface area contributed by atoms with Crippen LogP contribution in [0.5, 0.6) is 0 Å². The summed E-state index contributed by atoms with van der Waals surface area (Å²) in [5.74, 6) is 0.249. The van der Waals surface area contributed by atoms with Crippen molar-refractivity contribution in [1.29, 1.82) is 0 Å². The first-order valence-corrected chi connectivity index (χ1v) is 7.51. The molecule has 1 aromatic rings. The van der Waals surface area contributed by atoms with Gasteiger partial charge in [0.15, 0.2) is 5.78 Å². The molecule has 1 rings (SSSR count). The Labute approximate surface area is 117 Å². The van der Waals surface area contributed by atoms with Crippen molar-refractivity contribution in [1.82, 2.24) is 0 Å². The van der Waals surface area contributed by atoms with Crippen LogP contribution in [0.25, 0.3) is 0 Å². The number of Topliss-reactive ketones (excluding diaryl/α,β-unsaturated/α-hetero) is 1. The zero-order valence-electron chi connectivity index (χ0n) is 12.2. The zero-order chi connectivity index (χ0) is 13.9. The summed E-state index contributed by atoms with van der Waals surface area (Å²) in [5, 5.41) is 0. The first-order valence-electron chi connectivity index (χ1n) is 7.51. The topological polar surface area (TPSA) is 17.1 Å². The average Bonchev–Trinajstić information content (AvgIpc) is 2.44. The van der Waals surface area contributed by atoms with E-state index in [9.17, 15) is 4.79 Å². The van der Waals surface area contributed by atoms with Crippen molar-refractivity contribution in [3.05, 3.63) is 48.0 Å². The van der Waals surface area contributed by atoms with Crippen LogP contribution in [0.2, 0.25) is 0 Å². The summed E-state index contributed by atoms with van der Waals surface area (Å²) in [6.07, 6.45) is 10.6. The molecule has 1 heteroatoms. The van der Waals surface area contributed by atoms with Gasteiger partial charge in [-0.3, -0.25) is 4.79 Å². The molecule has 0 radical (unpaired) electrons. The molecule has 0 aliphatic rings. The van der Waals surface area contributed by atoms with E-state index >= 15 is 0 Å². The molecule has 1 aromatic carbocycles. The second kappa shape index (κ2) is 9.55.